The van der Waals surface area contributed by atoms with Gasteiger partial charge in [0.2, 0.25) is 0 Å². The lowest BCUT2D eigenvalue weighted by molar-refractivity contribution is 0.0587. The lowest BCUT2D eigenvalue weighted by atomic mass is 10.0. The number of hydrogen-bond donors (Lipinski definition) is 0. The van der Waals surface area contributed by atoms with Gasteiger partial charge in [-0.25, -0.2) is 9.18 Å². The fourth-order valence-corrected chi connectivity index (χ4v) is 2.98. The Bertz CT molecular complexity index is 1000. The predicted molar refractivity (Wildman–Crippen MR) is 99.5 cm³/mol. The Morgan fingerprint density at radius 3 is 2.63 bits per heavy atom. The molecule has 0 unspecified atom stereocenters. The van der Waals surface area contributed by atoms with E-state index in [9.17, 15) is 9.18 Å². The second-order valence-corrected chi connectivity index (χ2v) is 6.02. The predicted octanol–water partition coefficient (Wildman–Crippen LogP) is 4.04. The summed E-state index contributed by atoms with van der Waals surface area (Å²) in [5.74, 6) is -0.102. The molecule has 0 aliphatic carbocycles. The highest BCUT2D eigenvalue weighted by Crippen LogP contribution is 2.28. The van der Waals surface area contributed by atoms with E-state index in [-0.39, 0.29) is 5.82 Å². The molecule has 2 heterocycles. The van der Waals surface area contributed by atoms with Gasteiger partial charge in [0, 0.05) is 23.7 Å². The average molecular weight is 369 g/mol. The zero-order valence-electron chi connectivity index (χ0n) is 15.6. The Hall–Kier alpha value is -3.22. The van der Waals surface area contributed by atoms with Crippen molar-refractivity contribution in [2.24, 2.45) is 7.05 Å². The maximum absolute atomic E-state index is 13.2. The number of nitrogens with zero attached hydrogens (tertiary/aromatic N) is 3. The molecule has 3 aromatic rings. The van der Waals surface area contributed by atoms with Crippen molar-refractivity contribution >= 4 is 18.1 Å². The van der Waals surface area contributed by atoms with Crippen LogP contribution in [0.1, 0.15) is 40.0 Å². The second-order valence-electron chi connectivity index (χ2n) is 6.02. The molecule has 140 valence electrons. The Morgan fingerprint density at radius 1 is 1.30 bits per heavy atom. The Morgan fingerprint density at radius 2 is 2.00 bits per heavy atom. The van der Waals surface area contributed by atoms with E-state index in [1.54, 1.807) is 26.1 Å². The lowest BCUT2D eigenvalue weighted by Crippen LogP contribution is -2.10. The average Bonchev–Trinajstić information content (AvgIpc) is 3.19. The smallest absolute Gasteiger partial charge is 0.356 e. The Kier molecular flexibility index (Phi) is 5.21. The summed E-state index contributed by atoms with van der Waals surface area (Å²) in [6.45, 7) is 3.76. The van der Waals surface area contributed by atoms with Crippen molar-refractivity contribution in [2.75, 3.05) is 7.11 Å². The van der Waals surface area contributed by atoms with Crippen LogP contribution in [0.3, 0.4) is 0 Å². The third-order valence-corrected chi connectivity index (χ3v) is 4.34. The Labute approximate surface area is 156 Å². The summed E-state index contributed by atoms with van der Waals surface area (Å²) in [6, 6.07) is 6.06. The van der Waals surface area contributed by atoms with Crippen molar-refractivity contribution in [3.8, 4) is 11.3 Å². The number of hydrogen-bond acceptors (Lipinski definition) is 5. The largest absolute Gasteiger partial charge is 0.464 e. The van der Waals surface area contributed by atoms with E-state index in [4.69, 9.17) is 9.26 Å². The van der Waals surface area contributed by atoms with Crippen LogP contribution >= 0.6 is 0 Å². The molecule has 0 aliphatic heterocycles. The molecule has 0 atom stereocenters. The minimum Gasteiger partial charge on any atom is -0.464 e. The first-order valence-corrected chi connectivity index (χ1v) is 8.50. The second kappa shape index (κ2) is 7.57. The van der Waals surface area contributed by atoms with Crippen molar-refractivity contribution in [2.45, 2.75) is 20.3 Å². The molecule has 0 N–H and O–H groups in total. The van der Waals surface area contributed by atoms with Gasteiger partial charge in [-0.2, -0.15) is 5.10 Å². The molecule has 0 spiro atoms. The lowest BCUT2D eigenvalue weighted by Gasteiger charge is -2.01. The molecule has 0 aliphatic rings. The maximum atomic E-state index is 13.2. The molecule has 0 radical (unpaired) electrons. The fourth-order valence-electron chi connectivity index (χ4n) is 2.98. The molecular formula is C20H20FN3O3. The number of halogens is 1. The zero-order valence-corrected chi connectivity index (χ0v) is 15.6. The molecule has 0 amide bonds. The number of aryl methyl sites for hydroxylation is 2. The summed E-state index contributed by atoms with van der Waals surface area (Å²) in [6.07, 6.45) is 4.29. The van der Waals surface area contributed by atoms with Crippen LogP contribution in [0.25, 0.3) is 23.4 Å². The quantitative estimate of drug-likeness (QED) is 0.635. The van der Waals surface area contributed by atoms with E-state index in [0.717, 1.165) is 16.7 Å². The standard InChI is InChI=1S/C20H20FN3O3/c1-5-15-17(22-24(3)19(15)20(25)26-4)11-10-16-12(2)27-23-18(16)13-6-8-14(21)9-7-13/h6-11H,5H2,1-4H3/b11-10+. The zero-order chi connectivity index (χ0) is 19.6. The van der Waals surface area contributed by atoms with Crippen molar-refractivity contribution in [3.05, 3.63) is 58.4 Å². The first-order valence-electron chi connectivity index (χ1n) is 8.50. The monoisotopic (exact) mass is 369 g/mol. The van der Waals surface area contributed by atoms with Gasteiger partial charge in [0.05, 0.1) is 12.8 Å². The molecular weight excluding hydrogens is 349 g/mol. The van der Waals surface area contributed by atoms with E-state index >= 15 is 0 Å². The first-order chi connectivity index (χ1) is 13.0. The molecule has 0 bridgehead atoms. The van der Waals surface area contributed by atoms with Crippen LogP contribution in [0.4, 0.5) is 4.39 Å². The highest BCUT2D eigenvalue weighted by molar-refractivity contribution is 5.91. The van der Waals surface area contributed by atoms with Gasteiger partial charge in [0.25, 0.3) is 0 Å². The SMILES string of the molecule is CCc1c(/C=C/c2c(-c3ccc(F)cc3)noc2C)nn(C)c1C(=O)OC. The molecule has 27 heavy (non-hydrogen) atoms. The van der Waals surface area contributed by atoms with E-state index in [0.29, 0.717) is 29.3 Å². The van der Waals surface area contributed by atoms with Crippen LogP contribution in [0, 0.1) is 12.7 Å². The van der Waals surface area contributed by atoms with E-state index in [2.05, 4.69) is 10.3 Å². The van der Waals surface area contributed by atoms with Crippen molar-refractivity contribution < 1.29 is 18.4 Å². The third-order valence-electron chi connectivity index (χ3n) is 4.34. The molecule has 2 aromatic heterocycles. The summed E-state index contributed by atoms with van der Waals surface area (Å²) < 4.78 is 24.9. The van der Waals surface area contributed by atoms with Crippen LogP contribution in [-0.2, 0) is 18.2 Å². The minimum absolute atomic E-state index is 0.313. The van der Waals surface area contributed by atoms with Crippen LogP contribution < -0.4 is 0 Å². The van der Waals surface area contributed by atoms with Crippen LogP contribution in [0.15, 0.2) is 28.8 Å². The number of methoxy groups -OCH3 is 1. The number of aromatic nitrogens is 3. The molecule has 6 nitrogen and oxygen atoms in total. The topological polar surface area (TPSA) is 70.2 Å². The van der Waals surface area contributed by atoms with Gasteiger partial charge >= 0.3 is 5.97 Å². The van der Waals surface area contributed by atoms with Crippen LogP contribution in [0.2, 0.25) is 0 Å². The maximum Gasteiger partial charge on any atom is 0.356 e. The number of benzene rings is 1. The Balaban J connectivity index is 2.02. The summed E-state index contributed by atoms with van der Waals surface area (Å²) in [5, 5.41) is 8.51. The van der Waals surface area contributed by atoms with Gasteiger partial charge < -0.3 is 9.26 Å². The number of carbonyl (C=O) groups is 1. The number of carbonyl (C=O) groups excluding carboxylic acids is 1. The van der Waals surface area contributed by atoms with Crippen LogP contribution in [0.5, 0.6) is 0 Å². The van der Waals surface area contributed by atoms with Crippen LogP contribution in [-0.4, -0.2) is 28.0 Å². The summed E-state index contributed by atoms with van der Waals surface area (Å²) >= 11 is 0. The van der Waals surface area contributed by atoms with Gasteiger partial charge in [0.1, 0.15) is 23.0 Å². The van der Waals surface area contributed by atoms with Gasteiger partial charge in [-0.3, -0.25) is 4.68 Å². The van der Waals surface area contributed by atoms with E-state index in [1.807, 2.05) is 19.1 Å². The molecule has 0 saturated carbocycles. The molecule has 0 fully saturated rings. The third kappa shape index (κ3) is 3.53. The van der Waals surface area contributed by atoms with E-state index < -0.39 is 5.97 Å². The normalized spacial score (nSPS) is 11.3. The van der Waals surface area contributed by atoms with Crippen molar-refractivity contribution in [1.29, 1.82) is 0 Å². The molecule has 3 rings (SSSR count). The minimum atomic E-state index is -0.422. The van der Waals surface area contributed by atoms with Gasteiger partial charge in [-0.15, -0.1) is 0 Å². The number of ether oxygens (including phenoxy) is 1. The number of esters is 1. The summed E-state index contributed by atoms with van der Waals surface area (Å²) in [5.41, 5.74) is 4.05. The summed E-state index contributed by atoms with van der Waals surface area (Å²) in [7, 11) is 3.05. The van der Waals surface area contributed by atoms with Crippen molar-refractivity contribution in [1.82, 2.24) is 14.9 Å². The summed E-state index contributed by atoms with van der Waals surface area (Å²) in [4.78, 5) is 12.0. The fraction of sp³-hybridized carbons (Fsp3) is 0.250. The molecule has 0 saturated heterocycles. The molecule has 1 aromatic carbocycles. The van der Waals surface area contributed by atoms with Gasteiger partial charge in [0.15, 0.2) is 0 Å². The van der Waals surface area contributed by atoms with E-state index in [1.165, 1.54) is 23.9 Å². The highest BCUT2D eigenvalue weighted by atomic mass is 19.1. The number of rotatable bonds is 5. The van der Waals surface area contributed by atoms with Crippen molar-refractivity contribution in [3.63, 3.8) is 0 Å². The van der Waals surface area contributed by atoms with Gasteiger partial charge in [-0.05, 0) is 49.8 Å². The molecule has 7 heteroatoms. The van der Waals surface area contributed by atoms with Gasteiger partial charge in [-0.1, -0.05) is 12.1 Å². The first kappa shape index (κ1) is 18.6. The highest BCUT2D eigenvalue weighted by Gasteiger charge is 2.20.